The van der Waals surface area contributed by atoms with Crippen molar-refractivity contribution >= 4 is 18.3 Å². The fourth-order valence-electron chi connectivity index (χ4n) is 4.81. The summed E-state index contributed by atoms with van der Waals surface area (Å²) in [5.74, 6) is 0.771. The highest BCUT2D eigenvalue weighted by Gasteiger charge is 2.32. The number of benzene rings is 1. The van der Waals surface area contributed by atoms with Gasteiger partial charge in [-0.15, -0.1) is 0 Å². The number of nitrogens with zero attached hydrogens (tertiary/aromatic N) is 2. The molecule has 1 heterocycles. The van der Waals surface area contributed by atoms with Crippen molar-refractivity contribution in [3.63, 3.8) is 0 Å². The van der Waals surface area contributed by atoms with Crippen molar-refractivity contribution in [1.29, 1.82) is 0 Å². The van der Waals surface area contributed by atoms with Crippen LogP contribution in [-0.4, -0.2) is 55.6 Å². The van der Waals surface area contributed by atoms with Gasteiger partial charge >= 0.3 is 0 Å². The van der Waals surface area contributed by atoms with Crippen LogP contribution in [-0.2, 0) is 4.74 Å². The van der Waals surface area contributed by atoms with Crippen LogP contribution in [0.2, 0.25) is 0 Å². The van der Waals surface area contributed by atoms with Crippen molar-refractivity contribution < 1.29 is 4.74 Å². The van der Waals surface area contributed by atoms with Gasteiger partial charge in [-0.3, -0.25) is 4.90 Å². The van der Waals surface area contributed by atoms with Crippen molar-refractivity contribution in [2.45, 2.75) is 51.4 Å². The third-order valence-corrected chi connectivity index (χ3v) is 6.15. The highest BCUT2D eigenvalue weighted by Crippen LogP contribution is 2.39. The Balaban J connectivity index is 1.37. The second-order valence-electron chi connectivity index (χ2n) is 9.15. The smallest absolute Gasteiger partial charge is 0.0598 e. The summed E-state index contributed by atoms with van der Waals surface area (Å²) in [6.45, 7) is 13.3. The molecule has 0 radical (unpaired) electrons. The zero-order valence-electron chi connectivity index (χ0n) is 16.7. The third kappa shape index (κ3) is 5.90. The summed E-state index contributed by atoms with van der Waals surface area (Å²) in [5.41, 5.74) is 1.76. The monoisotopic (exact) mass is 376 g/mol. The molecule has 0 N–H and O–H groups in total. The SMILES string of the molecule is C[C@@H]1C[C@H](OC[C@H](S)CN2CCN(c3ccccc3)CC2)CC(C)(C)C1. The Kier molecular flexibility index (Phi) is 6.92. The van der Waals surface area contributed by atoms with Crippen LogP contribution < -0.4 is 4.90 Å². The van der Waals surface area contributed by atoms with Crippen molar-refractivity contribution in [2.75, 3.05) is 44.2 Å². The molecule has 0 unspecified atom stereocenters. The Morgan fingerprint density at radius 1 is 1.12 bits per heavy atom. The molecule has 0 aromatic heterocycles. The quantitative estimate of drug-likeness (QED) is 0.744. The van der Waals surface area contributed by atoms with E-state index in [1.54, 1.807) is 0 Å². The molecule has 2 fully saturated rings. The van der Waals surface area contributed by atoms with E-state index < -0.39 is 0 Å². The Hall–Kier alpha value is -0.710. The minimum absolute atomic E-state index is 0.304. The van der Waals surface area contributed by atoms with E-state index in [4.69, 9.17) is 17.4 Å². The number of para-hydroxylation sites is 1. The molecule has 1 aliphatic heterocycles. The van der Waals surface area contributed by atoms with Gasteiger partial charge in [0.25, 0.3) is 0 Å². The first-order valence-electron chi connectivity index (χ1n) is 10.2. The van der Waals surface area contributed by atoms with Crippen LogP contribution in [0.1, 0.15) is 40.0 Å². The van der Waals surface area contributed by atoms with E-state index in [-0.39, 0.29) is 0 Å². The molecule has 1 aromatic rings. The zero-order valence-corrected chi connectivity index (χ0v) is 17.6. The molecule has 0 bridgehead atoms. The van der Waals surface area contributed by atoms with E-state index >= 15 is 0 Å². The third-order valence-electron chi connectivity index (χ3n) is 5.83. The molecular formula is C22H36N2OS. The van der Waals surface area contributed by atoms with Crippen molar-refractivity contribution in [2.24, 2.45) is 11.3 Å². The highest BCUT2D eigenvalue weighted by atomic mass is 32.1. The van der Waals surface area contributed by atoms with Gasteiger partial charge in [0.2, 0.25) is 0 Å². The average molecular weight is 377 g/mol. The number of hydrogen-bond acceptors (Lipinski definition) is 4. The predicted molar refractivity (Wildman–Crippen MR) is 114 cm³/mol. The van der Waals surface area contributed by atoms with E-state index in [0.717, 1.165) is 45.2 Å². The molecule has 2 aliphatic rings. The maximum absolute atomic E-state index is 6.27. The molecule has 3 nitrogen and oxygen atoms in total. The Labute approximate surface area is 165 Å². The lowest BCUT2D eigenvalue weighted by molar-refractivity contribution is -0.0237. The van der Waals surface area contributed by atoms with Gasteiger partial charge < -0.3 is 9.64 Å². The summed E-state index contributed by atoms with van der Waals surface area (Å²) in [5, 5.41) is 0.304. The van der Waals surface area contributed by atoms with Crippen LogP contribution in [0.3, 0.4) is 0 Å². The average Bonchev–Trinajstić information content (AvgIpc) is 2.60. The maximum Gasteiger partial charge on any atom is 0.0598 e. The number of rotatable bonds is 6. The standard InChI is InChI=1S/C22H36N2OS/c1-18-13-20(15-22(2,3)14-18)25-17-21(26)16-23-9-11-24(12-10-23)19-7-5-4-6-8-19/h4-8,18,20-21,26H,9-17H2,1-3H3/t18-,20+,21-/m1/s1. The molecule has 1 aliphatic carbocycles. The normalized spacial score (nSPS) is 28.1. The molecule has 3 rings (SSSR count). The molecule has 0 spiro atoms. The van der Waals surface area contributed by atoms with Crippen molar-refractivity contribution in [3.8, 4) is 0 Å². The lowest BCUT2D eigenvalue weighted by atomic mass is 9.71. The van der Waals surface area contributed by atoms with Crippen molar-refractivity contribution in [3.05, 3.63) is 30.3 Å². The van der Waals surface area contributed by atoms with Gasteiger partial charge in [-0.2, -0.15) is 12.6 Å². The Morgan fingerprint density at radius 2 is 1.81 bits per heavy atom. The fourth-order valence-corrected chi connectivity index (χ4v) is 5.13. The molecule has 4 heteroatoms. The minimum Gasteiger partial charge on any atom is -0.377 e. The van der Waals surface area contributed by atoms with Gasteiger partial charge in [-0.25, -0.2) is 0 Å². The molecular weight excluding hydrogens is 340 g/mol. The van der Waals surface area contributed by atoms with E-state index in [9.17, 15) is 0 Å². The largest absolute Gasteiger partial charge is 0.377 e. The van der Waals surface area contributed by atoms with Crippen LogP contribution in [0, 0.1) is 11.3 Å². The molecule has 1 saturated carbocycles. The van der Waals surface area contributed by atoms with Crippen LogP contribution in [0.5, 0.6) is 0 Å². The van der Waals surface area contributed by atoms with Gasteiger partial charge in [-0.1, -0.05) is 39.0 Å². The van der Waals surface area contributed by atoms with E-state index in [1.807, 2.05) is 0 Å². The van der Waals surface area contributed by atoms with Gasteiger partial charge in [-0.05, 0) is 42.7 Å². The Morgan fingerprint density at radius 3 is 2.46 bits per heavy atom. The Bertz CT molecular complexity index is 542. The summed E-state index contributed by atoms with van der Waals surface area (Å²) in [6.07, 6.45) is 4.13. The molecule has 1 saturated heterocycles. The summed E-state index contributed by atoms with van der Waals surface area (Å²) < 4.78 is 6.27. The first-order valence-corrected chi connectivity index (χ1v) is 10.7. The molecule has 26 heavy (non-hydrogen) atoms. The lowest BCUT2D eigenvalue weighted by Crippen LogP contribution is -2.48. The first kappa shape index (κ1) is 20.0. The summed E-state index contributed by atoms with van der Waals surface area (Å²) in [4.78, 5) is 5.01. The van der Waals surface area contributed by atoms with Crippen LogP contribution in [0.25, 0.3) is 0 Å². The number of ether oxygens (including phenoxy) is 1. The van der Waals surface area contributed by atoms with Crippen LogP contribution in [0.4, 0.5) is 5.69 Å². The minimum atomic E-state index is 0.304. The van der Waals surface area contributed by atoms with Gasteiger partial charge in [0.15, 0.2) is 0 Å². The highest BCUT2D eigenvalue weighted by molar-refractivity contribution is 7.81. The van der Waals surface area contributed by atoms with E-state index in [1.165, 1.54) is 24.9 Å². The fraction of sp³-hybridized carbons (Fsp3) is 0.727. The number of thiol groups is 1. The van der Waals surface area contributed by atoms with Gasteiger partial charge in [0.1, 0.15) is 0 Å². The van der Waals surface area contributed by atoms with Crippen LogP contribution in [0.15, 0.2) is 30.3 Å². The van der Waals surface area contributed by atoms with Gasteiger partial charge in [0, 0.05) is 43.7 Å². The second kappa shape index (κ2) is 8.99. The summed E-state index contributed by atoms with van der Waals surface area (Å²) >= 11 is 4.82. The number of piperazine rings is 1. The van der Waals surface area contributed by atoms with Crippen LogP contribution >= 0.6 is 12.6 Å². The zero-order chi connectivity index (χ0) is 18.6. The molecule has 146 valence electrons. The van der Waals surface area contributed by atoms with Gasteiger partial charge in [0.05, 0.1) is 12.7 Å². The second-order valence-corrected chi connectivity index (χ2v) is 9.88. The lowest BCUT2D eigenvalue weighted by Gasteiger charge is -2.39. The first-order chi connectivity index (χ1) is 12.4. The molecule has 1 aromatic carbocycles. The molecule has 0 amide bonds. The number of anilines is 1. The van der Waals surface area contributed by atoms with E-state index in [2.05, 4.69) is 60.9 Å². The predicted octanol–water partition coefficient (Wildman–Crippen LogP) is 4.34. The topological polar surface area (TPSA) is 15.7 Å². The van der Waals surface area contributed by atoms with Crippen molar-refractivity contribution in [1.82, 2.24) is 4.90 Å². The summed E-state index contributed by atoms with van der Waals surface area (Å²) in [7, 11) is 0. The number of hydrogen-bond donors (Lipinski definition) is 1. The molecule has 3 atom stereocenters. The maximum atomic E-state index is 6.27. The summed E-state index contributed by atoms with van der Waals surface area (Å²) in [6, 6.07) is 10.7. The van der Waals surface area contributed by atoms with E-state index in [0.29, 0.717) is 16.8 Å².